The molecular weight excluding hydrogens is 773 g/mol. The second-order valence-corrected chi connectivity index (χ2v) is 31.8. The number of aliphatic hydroxyl groups excluding tert-OH is 1. The summed E-state index contributed by atoms with van der Waals surface area (Å²) in [5, 5.41) is 9.32. The van der Waals surface area contributed by atoms with Crippen LogP contribution in [-0.2, 0) is 37.6 Å². The van der Waals surface area contributed by atoms with Gasteiger partial charge in [0.1, 0.15) is 0 Å². The van der Waals surface area contributed by atoms with Crippen molar-refractivity contribution in [3.8, 4) is 0 Å². The van der Waals surface area contributed by atoms with Gasteiger partial charge in [-0.2, -0.15) is 0 Å². The first-order valence-electron chi connectivity index (χ1n) is 21.4. The van der Waals surface area contributed by atoms with Crippen molar-refractivity contribution >= 4 is 26.5 Å². The predicted octanol–water partition coefficient (Wildman–Crippen LogP) is 9.67. The summed E-state index contributed by atoms with van der Waals surface area (Å²) >= 11 is 0. The zero-order valence-electron chi connectivity index (χ0n) is 37.5. The first kappa shape index (κ1) is 48.5. The van der Waals surface area contributed by atoms with Crippen LogP contribution in [0.1, 0.15) is 99.8 Å². The maximum atomic E-state index is 14.1. The zero-order valence-corrected chi connectivity index (χ0v) is 40.3. The van der Waals surface area contributed by atoms with Crippen LogP contribution in [0.4, 0.5) is 0 Å². The highest BCUT2D eigenvalue weighted by molar-refractivity contribution is 7.91. The van der Waals surface area contributed by atoms with Crippen molar-refractivity contribution in [2.75, 3.05) is 26.1 Å². The molecule has 12 heteroatoms. The first-order chi connectivity index (χ1) is 26.4. The molecule has 3 saturated heterocycles. The Balaban J connectivity index is 1.59. The summed E-state index contributed by atoms with van der Waals surface area (Å²) in [7, 11) is -6.35. The van der Waals surface area contributed by atoms with E-state index in [9.17, 15) is 13.5 Å². The smallest absolute Gasteiger partial charge is 0.192 e. The molecule has 4 rings (SSSR count). The summed E-state index contributed by atoms with van der Waals surface area (Å²) in [6, 6.07) is 8.68. The molecule has 1 aromatic rings. The van der Waals surface area contributed by atoms with Gasteiger partial charge in [0, 0.05) is 32.5 Å². The minimum atomic E-state index is -3.68. The first-order valence-corrected chi connectivity index (χ1v) is 28.9. The molecule has 3 heterocycles. The second kappa shape index (κ2) is 19.7. The molecule has 3 aliphatic rings. The number of methoxy groups -OCH3 is 1. The van der Waals surface area contributed by atoms with E-state index in [-0.39, 0.29) is 58.9 Å². The quantitative estimate of drug-likeness (QED) is 0.108. The van der Waals surface area contributed by atoms with Gasteiger partial charge in [-0.1, -0.05) is 79.8 Å². The minimum absolute atomic E-state index is 0.000157. The Morgan fingerprint density at radius 1 is 0.877 bits per heavy atom. The monoisotopic (exact) mass is 850 g/mol. The Labute approximate surface area is 348 Å². The van der Waals surface area contributed by atoms with Crippen LogP contribution in [-0.4, -0.2) is 105 Å². The van der Waals surface area contributed by atoms with Crippen LogP contribution in [0.15, 0.2) is 59.5 Å². The SMILES string of the molecule is C=C1C(C[C@@H]2OC(C[C@@H](CO[Si](C)(C)C(C)(C)C)O[Si](C)(C)C(C)(C)C)[C@H](OC)C2CS(=O)(=O)c2ccccc2)O[C@@H](CC[C@@H]2O[C@@H](CCCO)CC2=C)C[C@H]1C. The standard InChI is InChI=1S/C45H78O9SSi2/c1-31-25-35(22-23-39-32(2)26-34(51-39)19-18-24-46)52-40(33(31)3)28-41-38(30-55(47,48)37-20-16-15-17-21-37)43(49-10)42(53-41)27-36(54-57(13,14)45(7,8)9)29-50-56(11,12)44(4,5)6/h15-17,20-21,31,34-36,38-43,46H,2-3,18-19,22-30H2,1,4-14H3/t31-,34+,35+,36+,38?,39+,40?,41+,42?,43-/m1/s1. The molecule has 57 heavy (non-hydrogen) atoms. The molecule has 1 aromatic carbocycles. The summed E-state index contributed by atoms with van der Waals surface area (Å²) in [6.07, 6.45) is 4.12. The van der Waals surface area contributed by atoms with Gasteiger partial charge in [-0.3, -0.25) is 0 Å². The molecule has 0 spiro atoms. The van der Waals surface area contributed by atoms with Crippen molar-refractivity contribution in [3.05, 3.63) is 54.6 Å². The van der Waals surface area contributed by atoms with Crippen molar-refractivity contribution in [1.29, 1.82) is 0 Å². The molecule has 326 valence electrons. The second-order valence-electron chi connectivity index (χ2n) is 20.2. The zero-order chi connectivity index (χ0) is 42.6. The van der Waals surface area contributed by atoms with Gasteiger partial charge < -0.3 is 32.9 Å². The molecule has 3 aliphatic heterocycles. The molecule has 9 nitrogen and oxygen atoms in total. The highest BCUT2D eigenvalue weighted by atomic mass is 32.2. The maximum Gasteiger partial charge on any atom is 0.192 e. The number of hydrogen-bond acceptors (Lipinski definition) is 9. The van der Waals surface area contributed by atoms with Gasteiger partial charge in [-0.05, 0) is 104 Å². The summed E-state index contributed by atoms with van der Waals surface area (Å²) in [6.45, 7) is 34.2. The molecule has 0 aliphatic carbocycles. The van der Waals surface area contributed by atoms with E-state index in [1.165, 1.54) is 0 Å². The van der Waals surface area contributed by atoms with Crippen molar-refractivity contribution < 1.29 is 41.3 Å². The number of aliphatic hydroxyl groups is 1. The molecule has 0 amide bonds. The van der Waals surface area contributed by atoms with Crippen LogP contribution >= 0.6 is 0 Å². The molecule has 0 radical (unpaired) electrons. The summed E-state index contributed by atoms with van der Waals surface area (Å²) in [5.41, 5.74) is 2.14. The fraction of sp³-hybridized carbons (Fsp3) is 0.778. The lowest BCUT2D eigenvalue weighted by Crippen LogP contribution is -2.49. The lowest BCUT2D eigenvalue weighted by molar-refractivity contribution is -0.0782. The number of ether oxygens (including phenoxy) is 4. The van der Waals surface area contributed by atoms with E-state index in [0.29, 0.717) is 24.3 Å². The topological polar surface area (TPSA) is 110 Å². The lowest BCUT2D eigenvalue weighted by Gasteiger charge is -2.42. The number of benzene rings is 1. The van der Waals surface area contributed by atoms with Crippen LogP contribution in [0, 0.1) is 11.8 Å². The van der Waals surface area contributed by atoms with Gasteiger partial charge >= 0.3 is 0 Å². The lowest BCUT2D eigenvalue weighted by atomic mass is 9.83. The van der Waals surface area contributed by atoms with E-state index in [1.807, 2.05) is 6.07 Å². The van der Waals surface area contributed by atoms with Crippen molar-refractivity contribution in [2.45, 2.75) is 190 Å². The maximum absolute atomic E-state index is 14.1. The average molecular weight is 851 g/mol. The Bertz CT molecular complexity index is 1570. The number of sulfone groups is 1. The van der Waals surface area contributed by atoms with Crippen LogP contribution < -0.4 is 0 Å². The highest BCUT2D eigenvalue weighted by Crippen LogP contribution is 2.44. The Kier molecular flexibility index (Phi) is 16.7. The van der Waals surface area contributed by atoms with E-state index in [1.54, 1.807) is 31.4 Å². The van der Waals surface area contributed by atoms with E-state index in [0.717, 1.165) is 49.7 Å². The third kappa shape index (κ3) is 12.7. The van der Waals surface area contributed by atoms with Gasteiger partial charge in [0.05, 0.1) is 66.1 Å². The van der Waals surface area contributed by atoms with Gasteiger partial charge in [0.2, 0.25) is 0 Å². The molecule has 0 bridgehead atoms. The van der Waals surface area contributed by atoms with E-state index in [2.05, 4.69) is 87.8 Å². The highest BCUT2D eigenvalue weighted by Gasteiger charge is 2.50. The van der Waals surface area contributed by atoms with Crippen molar-refractivity contribution in [2.24, 2.45) is 11.8 Å². The van der Waals surface area contributed by atoms with Gasteiger partial charge in [0.15, 0.2) is 26.5 Å². The third-order valence-corrected chi connectivity index (χ3v) is 24.7. The van der Waals surface area contributed by atoms with Crippen LogP contribution in [0.25, 0.3) is 0 Å². The minimum Gasteiger partial charge on any atom is -0.414 e. The predicted molar refractivity (Wildman–Crippen MR) is 235 cm³/mol. The number of rotatable bonds is 19. The van der Waals surface area contributed by atoms with Gasteiger partial charge in [-0.15, -0.1) is 0 Å². The summed E-state index contributed by atoms with van der Waals surface area (Å²) in [4.78, 5) is 0.297. The van der Waals surface area contributed by atoms with Crippen molar-refractivity contribution in [3.63, 3.8) is 0 Å². The summed E-state index contributed by atoms with van der Waals surface area (Å²) < 4.78 is 68.6. The van der Waals surface area contributed by atoms with Gasteiger partial charge in [0.25, 0.3) is 0 Å². The van der Waals surface area contributed by atoms with E-state index >= 15 is 0 Å². The van der Waals surface area contributed by atoms with Crippen LogP contribution in [0.2, 0.25) is 36.3 Å². The fourth-order valence-corrected chi connectivity index (χ4v) is 12.1. The summed E-state index contributed by atoms with van der Waals surface area (Å²) in [5.74, 6) is -0.324. The van der Waals surface area contributed by atoms with E-state index in [4.69, 9.17) is 27.8 Å². The fourth-order valence-electron chi connectivity index (χ4n) is 8.08. The largest absolute Gasteiger partial charge is 0.414 e. The molecule has 10 atom stereocenters. The van der Waals surface area contributed by atoms with Crippen LogP contribution in [0.3, 0.4) is 0 Å². The average Bonchev–Trinajstić information content (AvgIpc) is 3.63. The molecular formula is C45H78O9SSi2. The molecule has 0 aromatic heterocycles. The Morgan fingerprint density at radius 3 is 2.11 bits per heavy atom. The molecule has 3 fully saturated rings. The van der Waals surface area contributed by atoms with Crippen molar-refractivity contribution in [1.82, 2.24) is 0 Å². The Morgan fingerprint density at radius 2 is 1.51 bits per heavy atom. The molecule has 3 unspecified atom stereocenters. The normalized spacial score (nSPS) is 29.9. The van der Waals surface area contributed by atoms with E-state index < -0.39 is 50.7 Å². The van der Waals surface area contributed by atoms with Crippen LogP contribution in [0.5, 0.6) is 0 Å². The number of hydrogen-bond donors (Lipinski definition) is 1. The molecule has 0 saturated carbocycles. The van der Waals surface area contributed by atoms with Gasteiger partial charge in [-0.25, -0.2) is 8.42 Å². The third-order valence-electron chi connectivity index (χ3n) is 13.8. The Hall–Kier alpha value is -1.20. The molecule has 1 N–H and O–H groups in total.